The normalized spacial score (nSPS) is 15.6. The molecule has 15 rings (SSSR count). The summed E-state index contributed by atoms with van der Waals surface area (Å²) in [6, 6.07) is 28.4. The van der Waals surface area contributed by atoms with Crippen LogP contribution in [0.5, 0.6) is 0 Å². The van der Waals surface area contributed by atoms with E-state index >= 15 is 0 Å². The Bertz CT molecular complexity index is 5980. The predicted molar refractivity (Wildman–Crippen MR) is 453 cm³/mol. The number of ether oxygens (including phenoxy) is 4. The molecule has 0 saturated heterocycles. The van der Waals surface area contributed by atoms with Crippen molar-refractivity contribution in [1.29, 1.82) is 0 Å². The van der Waals surface area contributed by atoms with Crippen molar-refractivity contribution in [3.63, 3.8) is 0 Å². The molecule has 9 aromatic heterocycles. The first-order valence-corrected chi connectivity index (χ1v) is 42.4. The van der Waals surface area contributed by atoms with Crippen molar-refractivity contribution in [3.8, 4) is 32.3 Å². The van der Waals surface area contributed by atoms with Gasteiger partial charge in [0.15, 0.2) is 0 Å². The number of hydrogen-bond donors (Lipinski definition) is 2. The van der Waals surface area contributed by atoms with Crippen molar-refractivity contribution in [1.82, 2.24) is 42.4 Å². The fourth-order valence-electron chi connectivity index (χ4n) is 15.3. The van der Waals surface area contributed by atoms with Gasteiger partial charge >= 0.3 is 35.0 Å². The standard InChI is InChI=1S/C32H37N3O7S.2C28H29N3O7S/c1-19-24-27(37)35(32(5,6)29(38)42-31(2,3)4)30(39)34(28(24)43-25(19)26-33-16-17-40-26)18-23(20-10-8-7-9-11-20)41-22-14-12-21(36)13-15-22;2*1-16-21-24(33)31(28(2,3)26(34)35)27(36)30(25(21)39-22(16)23-29-13-14-37-23)15-20(17-7-5-4-6-8-17)38-19-11-9-18(32)10-12-19/h7-11,16-17,22-23H,12-15,18H2,1-6H3;2*4-8,13-14,19-20H,9-12,15H2,1-3H3,(H,34,35)/t;20-;/m.0./s1. The van der Waals surface area contributed by atoms with E-state index in [1.54, 1.807) is 41.5 Å². The van der Waals surface area contributed by atoms with Crippen LogP contribution in [0.1, 0.15) is 191 Å². The summed E-state index contributed by atoms with van der Waals surface area (Å²) in [7, 11) is 0. The molecule has 3 atom stereocenters. The Labute approximate surface area is 704 Å². The fraction of sp³-hybridized carbons (Fsp3) is 0.420. The van der Waals surface area contributed by atoms with Crippen LogP contribution in [0.4, 0.5) is 0 Å². The minimum Gasteiger partial charge on any atom is -0.480 e. The summed E-state index contributed by atoms with van der Waals surface area (Å²) < 4.78 is 48.8. The molecule has 3 saturated carbocycles. The van der Waals surface area contributed by atoms with Crippen molar-refractivity contribution in [2.45, 2.75) is 239 Å². The number of benzene rings is 3. The average Bonchev–Trinajstić information content (AvgIpc) is 1.56. The third kappa shape index (κ3) is 18.1. The summed E-state index contributed by atoms with van der Waals surface area (Å²) in [5.41, 5.74) is -6.00. The van der Waals surface area contributed by atoms with Crippen LogP contribution in [-0.2, 0) is 84.0 Å². The number of oxazole rings is 3. The quantitative estimate of drug-likeness (QED) is 0.0531. The van der Waals surface area contributed by atoms with E-state index in [0.717, 1.165) is 30.4 Å². The molecule has 2 N–H and O–H groups in total. The number of carbonyl (C=O) groups is 6. The summed E-state index contributed by atoms with van der Waals surface area (Å²) in [6.07, 6.45) is 12.8. The molecule has 0 spiro atoms. The molecule has 33 heteroatoms. The van der Waals surface area contributed by atoms with Crippen molar-refractivity contribution in [3.05, 3.63) is 224 Å². The topological polar surface area (TPSA) is 390 Å². The Morgan fingerprint density at radius 3 is 0.901 bits per heavy atom. The second-order valence-electron chi connectivity index (χ2n) is 32.9. The molecule has 0 amide bonds. The van der Waals surface area contributed by atoms with Crippen LogP contribution in [-0.4, -0.2) is 112 Å². The highest BCUT2D eigenvalue weighted by Gasteiger charge is 2.42. The zero-order chi connectivity index (χ0) is 86.9. The lowest BCUT2D eigenvalue weighted by atomic mass is 9.96. The van der Waals surface area contributed by atoms with Crippen molar-refractivity contribution < 1.29 is 71.2 Å². The van der Waals surface area contributed by atoms with E-state index in [4.69, 9.17) is 32.2 Å². The van der Waals surface area contributed by atoms with Gasteiger partial charge in [0.1, 0.15) is 91.2 Å². The maximum absolute atomic E-state index is 14.4. The first-order chi connectivity index (χ1) is 57.5. The van der Waals surface area contributed by atoms with Gasteiger partial charge in [0.05, 0.1) is 87.3 Å². The molecule has 30 nitrogen and oxygen atoms in total. The number of carboxylic acid groups (broad SMARTS) is 2. The number of nitrogens with zero attached hydrogens (tertiary/aromatic N) is 9. The molecule has 0 radical (unpaired) electrons. The molecule has 3 aromatic carbocycles. The number of esters is 1. The molecule has 3 aliphatic carbocycles. The van der Waals surface area contributed by atoms with Crippen LogP contribution in [0.15, 0.2) is 170 Å². The maximum atomic E-state index is 14.4. The van der Waals surface area contributed by atoms with Gasteiger partial charge in [-0.05, 0) is 155 Å². The molecule has 3 aliphatic rings. The van der Waals surface area contributed by atoms with Gasteiger partial charge in [-0.2, -0.15) is 0 Å². The number of aryl methyl sites for hydroxylation is 3. The molecule has 12 aromatic rings. The van der Waals surface area contributed by atoms with Crippen molar-refractivity contribution in [2.75, 3.05) is 0 Å². The highest BCUT2D eigenvalue weighted by molar-refractivity contribution is 7.22. The molecule has 636 valence electrons. The minimum absolute atomic E-state index is 0.0325. The van der Waals surface area contributed by atoms with Gasteiger partial charge in [-0.1, -0.05) is 91.0 Å². The Balaban J connectivity index is 0.000000157. The van der Waals surface area contributed by atoms with Crippen molar-refractivity contribution >= 4 is 99.9 Å². The maximum Gasteiger partial charge on any atom is 0.333 e. The summed E-state index contributed by atoms with van der Waals surface area (Å²) >= 11 is 3.62. The molecule has 0 aliphatic heterocycles. The third-order valence-electron chi connectivity index (χ3n) is 22.2. The van der Waals surface area contributed by atoms with Gasteiger partial charge in [0.25, 0.3) is 16.7 Å². The molecule has 2 unspecified atom stereocenters. The minimum atomic E-state index is -1.81. The molecule has 0 bridgehead atoms. The number of hydrogen-bond acceptors (Lipinski definition) is 25. The van der Waals surface area contributed by atoms with Gasteiger partial charge in [-0.25, -0.2) is 57.4 Å². The lowest BCUT2D eigenvalue weighted by Crippen LogP contribution is -2.54. The van der Waals surface area contributed by atoms with Crippen LogP contribution < -0.4 is 33.7 Å². The van der Waals surface area contributed by atoms with Crippen LogP contribution in [0.2, 0.25) is 0 Å². The number of aliphatic carboxylic acids is 2. The highest BCUT2D eigenvalue weighted by Crippen LogP contribution is 2.42. The van der Waals surface area contributed by atoms with Crippen LogP contribution in [0.3, 0.4) is 0 Å². The second-order valence-corrected chi connectivity index (χ2v) is 35.9. The lowest BCUT2D eigenvalue weighted by Gasteiger charge is -2.31. The lowest BCUT2D eigenvalue weighted by molar-refractivity contribution is -0.164. The van der Waals surface area contributed by atoms with E-state index < -0.39 is 92.2 Å². The Hall–Kier alpha value is -11.5. The third-order valence-corrected chi connectivity index (χ3v) is 26.1. The van der Waals surface area contributed by atoms with Gasteiger partial charge in [0.2, 0.25) is 17.7 Å². The molecule has 9 heterocycles. The highest BCUT2D eigenvalue weighted by atomic mass is 32.1. The van der Waals surface area contributed by atoms with Crippen LogP contribution >= 0.6 is 34.0 Å². The smallest absolute Gasteiger partial charge is 0.333 e. The number of ketones is 3. The van der Waals surface area contributed by atoms with E-state index in [2.05, 4.69) is 15.0 Å². The number of carbonyl (C=O) groups excluding carboxylic acids is 4. The Morgan fingerprint density at radius 2 is 0.669 bits per heavy atom. The molecule has 3 fully saturated rings. The second kappa shape index (κ2) is 35.7. The van der Waals surface area contributed by atoms with Gasteiger partial charge in [0, 0.05) is 38.5 Å². The van der Waals surface area contributed by atoms with Gasteiger partial charge < -0.3 is 42.4 Å². The molecular weight excluding hydrogens is 1620 g/mol. The summed E-state index contributed by atoms with van der Waals surface area (Å²) in [5.74, 6) is -1.74. The summed E-state index contributed by atoms with van der Waals surface area (Å²) in [6.45, 7) is 18.9. The van der Waals surface area contributed by atoms with E-state index in [9.17, 15) is 67.7 Å². The van der Waals surface area contributed by atoms with E-state index in [1.807, 2.05) is 91.0 Å². The Morgan fingerprint density at radius 1 is 0.413 bits per heavy atom. The first kappa shape index (κ1) is 87.3. The fourth-order valence-corrected chi connectivity index (χ4v) is 19.1. The number of rotatable bonds is 24. The summed E-state index contributed by atoms with van der Waals surface area (Å²) in [5, 5.41) is 20.7. The summed E-state index contributed by atoms with van der Waals surface area (Å²) in [4.78, 5) is 173. The van der Waals surface area contributed by atoms with E-state index in [1.165, 1.54) is 127 Å². The van der Waals surface area contributed by atoms with E-state index in [0.29, 0.717) is 146 Å². The van der Waals surface area contributed by atoms with E-state index in [-0.39, 0.29) is 66.1 Å². The van der Waals surface area contributed by atoms with Crippen LogP contribution in [0, 0.1) is 20.8 Å². The molecule has 121 heavy (non-hydrogen) atoms. The monoisotopic (exact) mass is 1710 g/mol. The number of fused-ring (bicyclic) bond motifs is 3. The zero-order valence-corrected chi connectivity index (χ0v) is 71.5. The number of thiophene rings is 3. The average molecular weight is 1710 g/mol. The zero-order valence-electron chi connectivity index (χ0n) is 69.1. The van der Waals surface area contributed by atoms with Crippen LogP contribution in [0.25, 0.3) is 63.0 Å². The van der Waals surface area contributed by atoms with Gasteiger partial charge in [-0.15, -0.1) is 34.0 Å². The van der Waals surface area contributed by atoms with Crippen molar-refractivity contribution in [2.24, 2.45) is 0 Å². The predicted octanol–water partition coefficient (Wildman–Crippen LogP) is 14.1. The first-order valence-electron chi connectivity index (χ1n) is 39.9. The van der Waals surface area contributed by atoms with Gasteiger partial charge in [-0.3, -0.25) is 42.5 Å². The number of carboxylic acids is 2. The molecular formula is C88H95N9O21S3. The SMILES string of the molecule is Cc1c(-c2ncco2)sc2c1c(=O)n(C(C)(C)C(=O)O)c(=O)n2CC(OC1CCC(=O)CC1)c1ccccc1.Cc1c(-c2ncco2)sc2c1c(=O)n(C(C)(C)C(=O)O)c(=O)n2C[C@H](OC1CCC(=O)CC1)c1ccccc1.Cc1c(-c2ncco2)sc2c1c(=O)n(C(C)(C)C(=O)OC(C)(C)C)c(=O)n2CC(OC1CCC(=O)CC1)c1ccccc1. The number of aromatic nitrogens is 9. The largest absolute Gasteiger partial charge is 0.480 e. The number of Topliss-reactive ketones (excluding diaryl/α,β-unsaturated/α-hetero) is 3. The Kier molecular flexibility index (Phi) is 25.7.